The second-order valence-corrected chi connectivity index (χ2v) is 23.9. The standard InChI is InChI=1S/C70H129NO10/c1-4-7-10-13-16-19-22-25-26-27-28-29-30-31-32-33-34-35-36-37-38-40-43-46-49-52-55-58-65(75)81-68-67(77)66(76)64(59-72)80-70(68)79-60-61(62(73)56-53-50-47-44-42-39-23-20-17-14-11-8-5-2)71-69(78)63(74)57-54-51-48-45-41-24-21-18-15-12-9-6-3/h16,19,25-26,28-29,53,56,61-64,66-68,70,72-74,76-77H,4-15,17-18,20-24,27,30-52,54-55,57-60H2,1-3H3,(H,71,78)/b19-16-,26-25-,29-28-,56-53+. The Hall–Kier alpha value is -2.38. The van der Waals surface area contributed by atoms with Crippen LogP contribution in [0.5, 0.6) is 0 Å². The van der Waals surface area contributed by atoms with Crippen LogP contribution in [0.3, 0.4) is 0 Å². The van der Waals surface area contributed by atoms with E-state index < -0.39 is 67.4 Å². The molecule has 0 saturated carbocycles. The quantitative estimate of drug-likeness (QED) is 0.0195. The SMILES string of the molecule is CCCCC/C=C\C/C=C\C/C=C\CCCCCCCCCCCCCCCCC(=O)OC1C(OCC(NC(=O)C(O)CCCCCCCCCCCCCC)C(O)/C=C/CCCCCCCCCCCCC)OC(CO)C(O)C1O. The van der Waals surface area contributed by atoms with Crippen LogP contribution >= 0.6 is 0 Å². The molecule has 1 amide bonds. The Balaban J connectivity index is 2.54. The summed E-state index contributed by atoms with van der Waals surface area (Å²) in [6, 6.07) is -1.02. The number of hydrogen-bond donors (Lipinski definition) is 6. The van der Waals surface area contributed by atoms with Crippen molar-refractivity contribution < 1.29 is 49.3 Å². The number of aliphatic hydroxyl groups excluding tert-OH is 5. The van der Waals surface area contributed by atoms with Crippen molar-refractivity contribution >= 4 is 11.9 Å². The maximum Gasteiger partial charge on any atom is 0.306 e. The number of allylic oxidation sites excluding steroid dienone is 7. The van der Waals surface area contributed by atoms with E-state index in [1.807, 2.05) is 6.08 Å². The number of amides is 1. The molecule has 1 aliphatic heterocycles. The summed E-state index contributed by atoms with van der Waals surface area (Å²) in [7, 11) is 0. The van der Waals surface area contributed by atoms with Gasteiger partial charge < -0.3 is 45.1 Å². The number of hydrogen-bond acceptors (Lipinski definition) is 10. The van der Waals surface area contributed by atoms with Crippen LogP contribution in [0.15, 0.2) is 48.6 Å². The first-order chi connectivity index (χ1) is 39.7. The zero-order valence-electron chi connectivity index (χ0n) is 52.7. The van der Waals surface area contributed by atoms with Gasteiger partial charge in [0.1, 0.15) is 24.4 Å². The number of aliphatic hydroxyl groups is 5. The van der Waals surface area contributed by atoms with Gasteiger partial charge >= 0.3 is 5.97 Å². The third-order valence-corrected chi connectivity index (χ3v) is 16.2. The van der Waals surface area contributed by atoms with Crippen LogP contribution < -0.4 is 5.32 Å². The number of carbonyl (C=O) groups excluding carboxylic acids is 2. The molecule has 11 heteroatoms. The molecule has 1 rings (SSSR count). The number of carbonyl (C=O) groups is 2. The van der Waals surface area contributed by atoms with Crippen molar-refractivity contribution in [3.8, 4) is 0 Å². The summed E-state index contributed by atoms with van der Waals surface area (Å²) >= 11 is 0. The minimum atomic E-state index is -1.61. The Morgan fingerprint density at radius 1 is 0.481 bits per heavy atom. The lowest BCUT2D eigenvalue weighted by molar-refractivity contribution is -0.305. The highest BCUT2D eigenvalue weighted by Gasteiger charge is 2.47. The smallest absolute Gasteiger partial charge is 0.306 e. The zero-order valence-corrected chi connectivity index (χ0v) is 52.7. The molecule has 0 aromatic heterocycles. The van der Waals surface area contributed by atoms with Crippen molar-refractivity contribution in [1.29, 1.82) is 0 Å². The number of nitrogens with one attached hydrogen (secondary N) is 1. The van der Waals surface area contributed by atoms with Gasteiger partial charge in [0.2, 0.25) is 5.91 Å². The topological polar surface area (TPSA) is 175 Å². The molecule has 6 N–H and O–H groups in total. The lowest BCUT2D eigenvalue weighted by atomic mass is 9.99. The summed E-state index contributed by atoms with van der Waals surface area (Å²) < 4.78 is 17.7. The van der Waals surface area contributed by atoms with Gasteiger partial charge in [0.15, 0.2) is 12.4 Å². The average Bonchev–Trinajstić information content (AvgIpc) is 3.50. The zero-order chi connectivity index (χ0) is 58.9. The number of ether oxygens (including phenoxy) is 3. The molecule has 1 heterocycles. The van der Waals surface area contributed by atoms with Gasteiger partial charge in [-0.2, -0.15) is 0 Å². The van der Waals surface area contributed by atoms with Crippen LogP contribution in [0.2, 0.25) is 0 Å². The molecule has 81 heavy (non-hydrogen) atoms. The Morgan fingerprint density at radius 3 is 1.30 bits per heavy atom. The minimum Gasteiger partial charge on any atom is -0.454 e. The van der Waals surface area contributed by atoms with Gasteiger partial charge in [0.05, 0.1) is 25.4 Å². The predicted molar refractivity (Wildman–Crippen MR) is 338 cm³/mol. The van der Waals surface area contributed by atoms with E-state index in [4.69, 9.17) is 14.2 Å². The molecule has 0 spiro atoms. The second-order valence-electron chi connectivity index (χ2n) is 23.9. The first-order valence-electron chi connectivity index (χ1n) is 34.4. The van der Waals surface area contributed by atoms with E-state index in [9.17, 15) is 35.1 Å². The molecule has 0 aliphatic carbocycles. The van der Waals surface area contributed by atoms with Crippen LogP contribution in [0.25, 0.3) is 0 Å². The van der Waals surface area contributed by atoms with Crippen LogP contribution in [0.1, 0.15) is 323 Å². The summed E-state index contributed by atoms with van der Waals surface area (Å²) in [4.78, 5) is 26.6. The Kier molecular flexibility index (Phi) is 54.9. The van der Waals surface area contributed by atoms with Gasteiger partial charge in [-0.1, -0.05) is 301 Å². The van der Waals surface area contributed by atoms with Crippen molar-refractivity contribution in [3.63, 3.8) is 0 Å². The molecule has 0 bridgehead atoms. The van der Waals surface area contributed by atoms with Crippen molar-refractivity contribution in [1.82, 2.24) is 5.32 Å². The molecule has 8 unspecified atom stereocenters. The molecule has 1 saturated heterocycles. The van der Waals surface area contributed by atoms with Gasteiger partial charge in [-0.05, 0) is 64.2 Å². The van der Waals surface area contributed by atoms with E-state index in [0.29, 0.717) is 19.3 Å². The molecule has 0 aromatic rings. The highest BCUT2D eigenvalue weighted by Crippen LogP contribution is 2.26. The summed E-state index contributed by atoms with van der Waals surface area (Å²) in [6.07, 6.45) is 61.6. The second kappa shape index (κ2) is 58.0. The normalized spacial score (nSPS) is 18.9. The molecule has 1 aliphatic rings. The molecular weight excluding hydrogens is 1010 g/mol. The fourth-order valence-electron chi connectivity index (χ4n) is 10.8. The molecule has 474 valence electrons. The van der Waals surface area contributed by atoms with E-state index in [1.54, 1.807) is 6.08 Å². The highest BCUT2D eigenvalue weighted by molar-refractivity contribution is 5.80. The molecular formula is C70H129NO10. The van der Waals surface area contributed by atoms with Crippen LogP contribution in [0, 0.1) is 0 Å². The van der Waals surface area contributed by atoms with Crippen LogP contribution in [-0.4, -0.2) is 99.6 Å². The van der Waals surface area contributed by atoms with Crippen molar-refractivity contribution in [3.05, 3.63) is 48.6 Å². The minimum absolute atomic E-state index is 0.125. The lowest BCUT2D eigenvalue weighted by Crippen LogP contribution is -2.61. The monoisotopic (exact) mass is 1140 g/mol. The molecule has 0 radical (unpaired) electrons. The summed E-state index contributed by atoms with van der Waals surface area (Å²) in [5, 5.41) is 57.1. The largest absolute Gasteiger partial charge is 0.454 e. The van der Waals surface area contributed by atoms with Crippen molar-refractivity contribution in [2.75, 3.05) is 13.2 Å². The average molecular weight is 1140 g/mol. The van der Waals surface area contributed by atoms with Crippen LogP contribution in [-0.2, 0) is 23.8 Å². The Bertz CT molecular complexity index is 1500. The number of unbranched alkanes of at least 4 members (excludes halogenated alkanes) is 39. The van der Waals surface area contributed by atoms with Gasteiger partial charge in [-0.25, -0.2) is 0 Å². The molecule has 8 atom stereocenters. The van der Waals surface area contributed by atoms with Gasteiger partial charge in [-0.15, -0.1) is 0 Å². The van der Waals surface area contributed by atoms with Crippen molar-refractivity contribution in [2.24, 2.45) is 0 Å². The number of rotatable bonds is 59. The van der Waals surface area contributed by atoms with Crippen LogP contribution in [0.4, 0.5) is 0 Å². The Labute approximate surface area is 497 Å². The van der Waals surface area contributed by atoms with Gasteiger partial charge in [0.25, 0.3) is 0 Å². The van der Waals surface area contributed by atoms with Gasteiger partial charge in [-0.3, -0.25) is 9.59 Å². The first-order valence-corrected chi connectivity index (χ1v) is 34.4. The maximum absolute atomic E-state index is 13.4. The highest BCUT2D eigenvalue weighted by atomic mass is 16.7. The van der Waals surface area contributed by atoms with E-state index in [1.165, 1.54) is 205 Å². The lowest BCUT2D eigenvalue weighted by Gasteiger charge is -2.41. The predicted octanol–water partition coefficient (Wildman–Crippen LogP) is 17.2. The third kappa shape index (κ3) is 45.6. The summed E-state index contributed by atoms with van der Waals surface area (Å²) in [5.41, 5.74) is 0. The van der Waals surface area contributed by atoms with Gasteiger partial charge in [0, 0.05) is 6.42 Å². The molecule has 0 aromatic carbocycles. The van der Waals surface area contributed by atoms with E-state index in [2.05, 4.69) is 62.5 Å². The van der Waals surface area contributed by atoms with E-state index in [0.717, 1.165) is 70.6 Å². The molecule has 1 fully saturated rings. The Morgan fingerprint density at radius 2 is 0.852 bits per heavy atom. The van der Waals surface area contributed by atoms with E-state index >= 15 is 0 Å². The third-order valence-electron chi connectivity index (χ3n) is 16.2. The molecule has 11 nitrogen and oxygen atoms in total. The summed E-state index contributed by atoms with van der Waals surface area (Å²) in [6.45, 7) is 5.79. The van der Waals surface area contributed by atoms with Crippen molar-refractivity contribution in [2.45, 2.75) is 372 Å². The fourth-order valence-corrected chi connectivity index (χ4v) is 10.8. The number of esters is 1. The van der Waals surface area contributed by atoms with E-state index in [-0.39, 0.29) is 13.0 Å². The first kappa shape index (κ1) is 76.6. The summed E-state index contributed by atoms with van der Waals surface area (Å²) in [5.74, 6) is -1.18. The fraction of sp³-hybridized carbons (Fsp3) is 0.857. The maximum atomic E-state index is 13.4.